The molecule has 1 aromatic rings. The SMILES string of the molecule is O=C(CNc1cccc(Cl)c1[N+](=O)[O-])NC1CC1. The number of para-hydroxylation sites is 1. The van der Waals surface area contributed by atoms with Gasteiger partial charge in [-0.25, -0.2) is 0 Å². The van der Waals surface area contributed by atoms with Crippen LogP contribution in [0.2, 0.25) is 5.02 Å². The van der Waals surface area contributed by atoms with Gasteiger partial charge < -0.3 is 10.6 Å². The number of hydrogen-bond acceptors (Lipinski definition) is 4. The Morgan fingerprint density at radius 1 is 1.50 bits per heavy atom. The van der Waals surface area contributed by atoms with Crippen LogP contribution < -0.4 is 10.6 Å². The van der Waals surface area contributed by atoms with Crippen molar-refractivity contribution in [1.29, 1.82) is 0 Å². The highest BCUT2D eigenvalue weighted by Crippen LogP contribution is 2.32. The Bertz CT molecular complexity index is 488. The molecule has 1 aromatic carbocycles. The van der Waals surface area contributed by atoms with Crippen LogP contribution in [0.15, 0.2) is 18.2 Å². The largest absolute Gasteiger partial charge is 0.371 e. The van der Waals surface area contributed by atoms with Gasteiger partial charge in [0.2, 0.25) is 5.91 Å². The van der Waals surface area contributed by atoms with Crippen LogP contribution in [0.5, 0.6) is 0 Å². The van der Waals surface area contributed by atoms with E-state index in [0.29, 0.717) is 0 Å². The lowest BCUT2D eigenvalue weighted by atomic mass is 10.2. The first-order valence-corrected chi connectivity index (χ1v) is 5.92. The van der Waals surface area contributed by atoms with Gasteiger partial charge in [0.1, 0.15) is 10.7 Å². The molecule has 0 aromatic heterocycles. The van der Waals surface area contributed by atoms with Crippen LogP contribution in [0.4, 0.5) is 11.4 Å². The molecule has 0 bridgehead atoms. The molecule has 1 aliphatic carbocycles. The van der Waals surface area contributed by atoms with Gasteiger partial charge in [-0.3, -0.25) is 14.9 Å². The van der Waals surface area contributed by atoms with E-state index in [2.05, 4.69) is 10.6 Å². The van der Waals surface area contributed by atoms with Gasteiger partial charge in [-0.15, -0.1) is 0 Å². The van der Waals surface area contributed by atoms with Crippen LogP contribution >= 0.6 is 11.6 Å². The zero-order valence-electron chi connectivity index (χ0n) is 9.48. The van der Waals surface area contributed by atoms with E-state index >= 15 is 0 Å². The van der Waals surface area contributed by atoms with E-state index in [-0.39, 0.29) is 34.9 Å². The fraction of sp³-hybridized carbons (Fsp3) is 0.364. The predicted octanol–water partition coefficient (Wildman–Crippen LogP) is 1.94. The Balaban J connectivity index is 2.01. The minimum atomic E-state index is -0.566. The zero-order chi connectivity index (χ0) is 13.1. The molecule has 0 aliphatic heterocycles. The highest BCUT2D eigenvalue weighted by atomic mass is 35.5. The van der Waals surface area contributed by atoms with Gasteiger partial charge in [-0.2, -0.15) is 0 Å². The number of nitro groups is 1. The summed E-state index contributed by atoms with van der Waals surface area (Å²) >= 11 is 5.75. The lowest BCUT2D eigenvalue weighted by molar-refractivity contribution is -0.383. The monoisotopic (exact) mass is 269 g/mol. The van der Waals surface area contributed by atoms with Crippen LogP contribution in [0.3, 0.4) is 0 Å². The van der Waals surface area contributed by atoms with Gasteiger partial charge in [0.25, 0.3) is 0 Å². The van der Waals surface area contributed by atoms with Crippen molar-refractivity contribution >= 4 is 28.9 Å². The number of halogens is 1. The van der Waals surface area contributed by atoms with Gasteiger partial charge in [-0.05, 0) is 25.0 Å². The molecule has 0 spiro atoms. The summed E-state index contributed by atoms with van der Waals surface area (Å²) in [6, 6.07) is 4.83. The van der Waals surface area contributed by atoms with Crippen LogP contribution in [0.25, 0.3) is 0 Å². The van der Waals surface area contributed by atoms with E-state index in [0.717, 1.165) is 12.8 Å². The van der Waals surface area contributed by atoms with E-state index in [9.17, 15) is 14.9 Å². The summed E-state index contributed by atoms with van der Waals surface area (Å²) in [7, 11) is 0. The van der Waals surface area contributed by atoms with Crippen molar-refractivity contribution in [3.63, 3.8) is 0 Å². The second-order valence-corrected chi connectivity index (χ2v) is 4.50. The molecule has 18 heavy (non-hydrogen) atoms. The van der Waals surface area contributed by atoms with Gasteiger partial charge in [0.05, 0.1) is 11.5 Å². The molecule has 0 saturated heterocycles. The van der Waals surface area contributed by atoms with Crippen molar-refractivity contribution in [3.8, 4) is 0 Å². The Labute approximate surface area is 108 Å². The van der Waals surface area contributed by atoms with Crippen molar-refractivity contribution < 1.29 is 9.72 Å². The highest BCUT2D eigenvalue weighted by Gasteiger charge is 2.23. The summed E-state index contributed by atoms with van der Waals surface area (Å²) in [5.74, 6) is -0.174. The number of carbonyl (C=O) groups excluding carboxylic acids is 1. The molecule has 1 aliphatic rings. The number of hydrogen-bond donors (Lipinski definition) is 2. The number of nitrogens with zero attached hydrogens (tertiary/aromatic N) is 1. The topological polar surface area (TPSA) is 84.3 Å². The summed E-state index contributed by atoms with van der Waals surface area (Å²) in [5, 5.41) is 16.4. The molecule has 6 nitrogen and oxygen atoms in total. The second kappa shape index (κ2) is 5.22. The van der Waals surface area contributed by atoms with Crippen LogP contribution in [0.1, 0.15) is 12.8 Å². The van der Waals surface area contributed by atoms with Crippen LogP contribution in [0, 0.1) is 10.1 Å². The van der Waals surface area contributed by atoms with Gasteiger partial charge in [0, 0.05) is 6.04 Å². The van der Waals surface area contributed by atoms with E-state index in [4.69, 9.17) is 11.6 Å². The maximum atomic E-state index is 11.5. The molecule has 0 radical (unpaired) electrons. The fourth-order valence-corrected chi connectivity index (χ4v) is 1.77. The zero-order valence-corrected chi connectivity index (χ0v) is 10.2. The third kappa shape index (κ3) is 3.10. The molecule has 1 fully saturated rings. The van der Waals surface area contributed by atoms with Crippen molar-refractivity contribution in [3.05, 3.63) is 33.3 Å². The summed E-state index contributed by atoms with van der Waals surface area (Å²) in [4.78, 5) is 21.7. The van der Waals surface area contributed by atoms with Crippen LogP contribution in [-0.2, 0) is 4.79 Å². The average molecular weight is 270 g/mol. The molecule has 1 amide bonds. The fourth-order valence-electron chi connectivity index (χ4n) is 1.53. The van der Waals surface area contributed by atoms with Crippen molar-refractivity contribution in [1.82, 2.24) is 5.32 Å². The van der Waals surface area contributed by atoms with Gasteiger partial charge in [0.15, 0.2) is 0 Å². The Kier molecular flexibility index (Phi) is 3.66. The molecular weight excluding hydrogens is 258 g/mol. The standard InChI is InChI=1S/C11H12ClN3O3/c12-8-2-1-3-9(11(8)15(17)18)13-6-10(16)14-7-4-5-7/h1-3,7,13H,4-6H2,(H,14,16). The molecule has 96 valence electrons. The average Bonchev–Trinajstić information content (AvgIpc) is 3.09. The molecule has 0 heterocycles. The molecule has 2 N–H and O–H groups in total. The number of nitrogens with one attached hydrogen (secondary N) is 2. The maximum Gasteiger partial charge on any atom is 0.310 e. The van der Waals surface area contributed by atoms with E-state index in [1.165, 1.54) is 12.1 Å². The number of benzene rings is 1. The third-order valence-electron chi connectivity index (χ3n) is 2.55. The number of nitro benzene ring substituents is 1. The molecule has 1 saturated carbocycles. The Morgan fingerprint density at radius 2 is 2.22 bits per heavy atom. The summed E-state index contributed by atoms with van der Waals surface area (Å²) in [6.07, 6.45) is 2.01. The first-order chi connectivity index (χ1) is 8.58. The minimum absolute atomic E-state index is 0.00230. The molecule has 0 atom stereocenters. The second-order valence-electron chi connectivity index (χ2n) is 4.09. The first kappa shape index (κ1) is 12.6. The lowest BCUT2D eigenvalue weighted by Gasteiger charge is -2.08. The summed E-state index contributed by atoms with van der Waals surface area (Å²) in [5.41, 5.74) is 0.0387. The predicted molar refractivity (Wildman–Crippen MR) is 67.8 cm³/mol. The Hall–Kier alpha value is -1.82. The molecule has 2 rings (SSSR count). The summed E-state index contributed by atoms with van der Waals surface area (Å²) < 4.78 is 0. The van der Waals surface area contributed by atoms with Gasteiger partial charge >= 0.3 is 5.69 Å². The maximum absolute atomic E-state index is 11.5. The normalized spacial score (nSPS) is 14.1. The smallest absolute Gasteiger partial charge is 0.310 e. The van der Waals surface area contributed by atoms with Crippen LogP contribution in [-0.4, -0.2) is 23.4 Å². The summed E-state index contributed by atoms with van der Waals surface area (Å²) in [6.45, 7) is -0.00230. The lowest BCUT2D eigenvalue weighted by Crippen LogP contribution is -2.31. The molecule has 0 unspecified atom stereocenters. The van der Waals surface area contributed by atoms with E-state index in [1.54, 1.807) is 6.07 Å². The molecular formula is C11H12ClN3O3. The number of rotatable bonds is 5. The van der Waals surface area contributed by atoms with Crippen molar-refractivity contribution in [2.75, 3.05) is 11.9 Å². The van der Waals surface area contributed by atoms with Crippen molar-refractivity contribution in [2.45, 2.75) is 18.9 Å². The highest BCUT2D eigenvalue weighted by molar-refractivity contribution is 6.33. The third-order valence-corrected chi connectivity index (χ3v) is 2.86. The Morgan fingerprint density at radius 3 is 2.83 bits per heavy atom. The number of amides is 1. The van der Waals surface area contributed by atoms with E-state index < -0.39 is 4.92 Å². The first-order valence-electron chi connectivity index (χ1n) is 5.54. The minimum Gasteiger partial charge on any atom is -0.371 e. The number of anilines is 1. The molecule has 7 heteroatoms. The number of carbonyl (C=O) groups is 1. The van der Waals surface area contributed by atoms with Crippen molar-refractivity contribution in [2.24, 2.45) is 0 Å². The van der Waals surface area contributed by atoms with E-state index in [1.807, 2.05) is 0 Å². The van der Waals surface area contributed by atoms with Gasteiger partial charge in [-0.1, -0.05) is 17.7 Å². The quantitative estimate of drug-likeness (QED) is 0.632.